The van der Waals surface area contributed by atoms with Crippen molar-refractivity contribution in [1.82, 2.24) is 19.7 Å². The first-order valence-electron chi connectivity index (χ1n) is 4.43. The minimum atomic E-state index is 0.215. The zero-order valence-corrected chi connectivity index (χ0v) is 10.6. The van der Waals surface area contributed by atoms with E-state index in [1.807, 2.05) is 14.0 Å². The fourth-order valence-electron chi connectivity index (χ4n) is 1.40. The molecule has 2 rings (SSSR count). The molecule has 0 amide bonds. The largest absolute Gasteiger partial charge is 0.368 e. The van der Waals surface area contributed by atoms with E-state index in [-0.39, 0.29) is 5.28 Å². The number of aryl methyl sites for hydroxylation is 1. The normalized spacial score (nSPS) is 10.9. The minimum Gasteiger partial charge on any atom is -0.368 e. The lowest BCUT2D eigenvalue weighted by atomic mass is 10.4. The van der Waals surface area contributed by atoms with Gasteiger partial charge in [-0.3, -0.25) is 4.68 Å². The van der Waals surface area contributed by atoms with Crippen LogP contribution in [0.5, 0.6) is 0 Å². The number of nitrogens with one attached hydrogen (secondary N) is 1. The van der Waals surface area contributed by atoms with E-state index < -0.39 is 0 Å². The smallest absolute Gasteiger partial charge is 0.225 e. The lowest BCUT2D eigenvalue weighted by Crippen LogP contribution is -2.03. The van der Waals surface area contributed by atoms with Crippen molar-refractivity contribution >= 4 is 44.4 Å². The molecule has 0 saturated carbocycles. The van der Waals surface area contributed by atoms with Crippen molar-refractivity contribution in [2.75, 3.05) is 11.9 Å². The highest BCUT2D eigenvalue weighted by Gasteiger charge is 2.14. The van der Waals surface area contributed by atoms with Crippen molar-refractivity contribution in [2.24, 2.45) is 7.05 Å². The molecule has 0 aliphatic heterocycles. The zero-order chi connectivity index (χ0) is 11.0. The van der Waals surface area contributed by atoms with E-state index in [0.29, 0.717) is 15.9 Å². The SMILES string of the molecule is CCNc1nc(Cl)nc2c(Br)nn(C)c12. The van der Waals surface area contributed by atoms with Gasteiger partial charge >= 0.3 is 0 Å². The van der Waals surface area contributed by atoms with Crippen molar-refractivity contribution in [3.8, 4) is 0 Å². The van der Waals surface area contributed by atoms with Crippen LogP contribution in [0.4, 0.5) is 5.82 Å². The van der Waals surface area contributed by atoms with Crippen LogP contribution in [0.2, 0.25) is 5.28 Å². The van der Waals surface area contributed by atoms with Gasteiger partial charge in [0.1, 0.15) is 11.0 Å². The fourth-order valence-corrected chi connectivity index (χ4v) is 2.08. The van der Waals surface area contributed by atoms with Crippen molar-refractivity contribution < 1.29 is 0 Å². The Labute approximate surface area is 100.0 Å². The third kappa shape index (κ3) is 1.79. The average molecular weight is 291 g/mol. The molecule has 0 unspecified atom stereocenters. The number of anilines is 1. The van der Waals surface area contributed by atoms with Crippen molar-refractivity contribution in [1.29, 1.82) is 0 Å². The highest BCUT2D eigenvalue weighted by molar-refractivity contribution is 9.10. The molecule has 0 atom stereocenters. The standard InChI is InChI=1S/C8H9BrClN5/c1-3-11-7-5-4(12-8(10)13-7)6(9)14-15(5)2/h3H2,1-2H3,(H,11,12,13). The van der Waals surface area contributed by atoms with Gasteiger partial charge in [-0.05, 0) is 34.5 Å². The summed E-state index contributed by atoms with van der Waals surface area (Å²) in [6, 6.07) is 0. The first-order chi connectivity index (χ1) is 7.13. The molecule has 2 aromatic rings. The third-order valence-electron chi connectivity index (χ3n) is 1.96. The molecule has 0 aliphatic carbocycles. The first-order valence-corrected chi connectivity index (χ1v) is 5.60. The monoisotopic (exact) mass is 289 g/mol. The molecule has 7 heteroatoms. The number of rotatable bonds is 2. The number of fused-ring (bicyclic) bond motifs is 1. The highest BCUT2D eigenvalue weighted by atomic mass is 79.9. The van der Waals surface area contributed by atoms with E-state index in [9.17, 15) is 0 Å². The maximum atomic E-state index is 5.82. The van der Waals surface area contributed by atoms with Gasteiger partial charge in [0.05, 0.1) is 0 Å². The van der Waals surface area contributed by atoms with Crippen LogP contribution in [0.25, 0.3) is 11.0 Å². The highest BCUT2D eigenvalue weighted by Crippen LogP contribution is 2.26. The molecule has 0 bridgehead atoms. The maximum Gasteiger partial charge on any atom is 0.225 e. The molecule has 15 heavy (non-hydrogen) atoms. The van der Waals surface area contributed by atoms with Crippen LogP contribution >= 0.6 is 27.5 Å². The van der Waals surface area contributed by atoms with Crippen LogP contribution in [0.1, 0.15) is 6.92 Å². The number of hydrogen-bond donors (Lipinski definition) is 1. The van der Waals surface area contributed by atoms with Gasteiger partial charge < -0.3 is 5.32 Å². The predicted octanol–water partition coefficient (Wildman–Crippen LogP) is 2.21. The summed E-state index contributed by atoms with van der Waals surface area (Å²) in [5.41, 5.74) is 1.56. The molecular formula is C8H9BrClN5. The van der Waals surface area contributed by atoms with Gasteiger partial charge in [-0.15, -0.1) is 0 Å². The van der Waals surface area contributed by atoms with E-state index in [1.54, 1.807) is 4.68 Å². The summed E-state index contributed by atoms with van der Waals surface area (Å²) in [6.07, 6.45) is 0. The summed E-state index contributed by atoms with van der Waals surface area (Å²) in [7, 11) is 1.84. The summed E-state index contributed by atoms with van der Waals surface area (Å²) in [6.45, 7) is 2.76. The Morgan fingerprint density at radius 2 is 2.20 bits per heavy atom. The van der Waals surface area contributed by atoms with Gasteiger partial charge in [0.2, 0.25) is 5.28 Å². The summed E-state index contributed by atoms with van der Waals surface area (Å²) in [4.78, 5) is 8.25. The minimum absolute atomic E-state index is 0.215. The second-order valence-corrected chi connectivity index (χ2v) is 4.07. The Morgan fingerprint density at radius 1 is 1.47 bits per heavy atom. The molecule has 0 fully saturated rings. The van der Waals surface area contributed by atoms with E-state index >= 15 is 0 Å². The van der Waals surface area contributed by atoms with Gasteiger partial charge in [-0.1, -0.05) is 0 Å². The Kier molecular flexibility index (Phi) is 2.79. The maximum absolute atomic E-state index is 5.82. The topological polar surface area (TPSA) is 55.6 Å². The van der Waals surface area contributed by atoms with Crippen LogP contribution in [-0.4, -0.2) is 26.3 Å². The van der Waals surface area contributed by atoms with Crippen molar-refractivity contribution in [3.05, 3.63) is 9.89 Å². The molecule has 1 N–H and O–H groups in total. The molecule has 0 saturated heterocycles. The van der Waals surface area contributed by atoms with Gasteiger partial charge in [0.15, 0.2) is 10.4 Å². The second kappa shape index (κ2) is 3.94. The van der Waals surface area contributed by atoms with Gasteiger partial charge in [0, 0.05) is 13.6 Å². The molecule has 0 spiro atoms. The van der Waals surface area contributed by atoms with Crippen molar-refractivity contribution in [3.63, 3.8) is 0 Å². The van der Waals surface area contributed by atoms with Crippen LogP contribution in [0.3, 0.4) is 0 Å². The van der Waals surface area contributed by atoms with Gasteiger partial charge in [-0.25, -0.2) is 4.98 Å². The predicted molar refractivity (Wildman–Crippen MR) is 63.2 cm³/mol. The van der Waals surface area contributed by atoms with Crippen LogP contribution < -0.4 is 5.32 Å². The summed E-state index contributed by atoms with van der Waals surface area (Å²) < 4.78 is 2.39. The average Bonchev–Trinajstić information content (AvgIpc) is 2.42. The Bertz CT molecular complexity index is 509. The van der Waals surface area contributed by atoms with Gasteiger partial charge in [0.25, 0.3) is 0 Å². The van der Waals surface area contributed by atoms with E-state index in [0.717, 1.165) is 12.1 Å². The molecule has 2 aromatic heterocycles. The molecule has 2 heterocycles. The second-order valence-electron chi connectivity index (χ2n) is 2.98. The Hall–Kier alpha value is -0.880. The fraction of sp³-hybridized carbons (Fsp3) is 0.375. The molecule has 0 aliphatic rings. The molecular weight excluding hydrogens is 281 g/mol. The number of aromatic nitrogens is 4. The number of halogens is 2. The Morgan fingerprint density at radius 3 is 2.87 bits per heavy atom. The van der Waals surface area contributed by atoms with Crippen LogP contribution in [0.15, 0.2) is 4.60 Å². The lowest BCUT2D eigenvalue weighted by Gasteiger charge is -2.04. The van der Waals surface area contributed by atoms with Crippen LogP contribution in [-0.2, 0) is 7.05 Å². The van der Waals surface area contributed by atoms with Crippen molar-refractivity contribution in [2.45, 2.75) is 6.92 Å². The molecule has 0 radical (unpaired) electrons. The molecule has 80 valence electrons. The van der Waals surface area contributed by atoms with E-state index in [4.69, 9.17) is 11.6 Å². The third-order valence-corrected chi connectivity index (χ3v) is 2.66. The quantitative estimate of drug-likeness (QED) is 0.862. The van der Waals surface area contributed by atoms with Crippen LogP contribution in [0, 0.1) is 0 Å². The van der Waals surface area contributed by atoms with E-state index in [2.05, 4.69) is 36.3 Å². The summed E-state index contributed by atoms with van der Waals surface area (Å²) in [5.74, 6) is 0.702. The lowest BCUT2D eigenvalue weighted by molar-refractivity contribution is 0.787. The first kappa shape index (κ1) is 10.6. The molecule has 5 nitrogen and oxygen atoms in total. The Balaban J connectivity index is 2.77. The zero-order valence-electron chi connectivity index (χ0n) is 8.25. The van der Waals surface area contributed by atoms with E-state index in [1.165, 1.54) is 0 Å². The number of hydrogen-bond acceptors (Lipinski definition) is 4. The summed E-state index contributed by atoms with van der Waals surface area (Å²) in [5, 5.41) is 7.55. The van der Waals surface area contributed by atoms with Gasteiger partial charge in [-0.2, -0.15) is 10.1 Å². The summed E-state index contributed by atoms with van der Waals surface area (Å²) >= 11 is 9.15. The molecule has 0 aromatic carbocycles. The number of nitrogens with zero attached hydrogens (tertiary/aromatic N) is 4.